The molecule has 1 aromatic heterocycles. The van der Waals surface area contributed by atoms with E-state index in [-0.39, 0.29) is 36.0 Å². The third-order valence-electron chi connectivity index (χ3n) is 6.37. The Labute approximate surface area is 217 Å². The van der Waals surface area contributed by atoms with E-state index in [1.807, 2.05) is 0 Å². The van der Waals surface area contributed by atoms with Crippen molar-refractivity contribution in [1.82, 2.24) is 9.88 Å². The number of hydrogen-bond donors (Lipinski definition) is 0. The number of amidine groups is 1. The minimum absolute atomic E-state index is 0.0201. The normalized spacial score (nSPS) is 21.6. The summed E-state index contributed by atoms with van der Waals surface area (Å²) in [6, 6.07) is 4.44. The molecular formula is C24H19ClF7N5O. The van der Waals surface area contributed by atoms with Gasteiger partial charge in [0.05, 0.1) is 41.5 Å². The molecule has 0 saturated carbocycles. The summed E-state index contributed by atoms with van der Waals surface area (Å²) in [6.45, 7) is 3.39. The highest BCUT2D eigenvalue weighted by molar-refractivity contribution is 6.31. The Morgan fingerprint density at radius 1 is 1.16 bits per heavy atom. The molecule has 1 fully saturated rings. The van der Waals surface area contributed by atoms with Crippen molar-refractivity contribution in [3.05, 3.63) is 63.9 Å². The molecule has 2 aliphatic rings. The molecule has 3 heterocycles. The SMILES string of the molecule is CC(C)/C(=N\C#N)N1CC(F)(c2ccc(C3=NOC(c4ccc(Cl)c(C(F)(F)F)c4)(C(F)(F)F)C3)cn2)C1. The van der Waals surface area contributed by atoms with Crippen molar-refractivity contribution in [3.8, 4) is 6.19 Å². The van der Waals surface area contributed by atoms with E-state index in [2.05, 4.69) is 15.1 Å². The summed E-state index contributed by atoms with van der Waals surface area (Å²) in [6.07, 6.45) is -8.25. The van der Waals surface area contributed by atoms with Gasteiger partial charge in [0.25, 0.3) is 5.60 Å². The maximum absolute atomic E-state index is 15.4. The van der Waals surface area contributed by atoms with Crippen LogP contribution in [-0.2, 0) is 22.3 Å². The maximum atomic E-state index is 15.4. The lowest BCUT2D eigenvalue weighted by atomic mass is 9.85. The van der Waals surface area contributed by atoms with E-state index < -0.39 is 46.2 Å². The van der Waals surface area contributed by atoms with E-state index in [0.717, 1.165) is 18.3 Å². The summed E-state index contributed by atoms with van der Waals surface area (Å²) in [5.74, 6) is 0.311. The first-order valence-electron chi connectivity index (χ1n) is 11.2. The highest BCUT2D eigenvalue weighted by Crippen LogP contribution is 2.50. The molecule has 0 bridgehead atoms. The second-order valence-electron chi connectivity index (χ2n) is 9.30. The Kier molecular flexibility index (Phi) is 6.84. The van der Waals surface area contributed by atoms with Crippen molar-refractivity contribution in [2.75, 3.05) is 13.1 Å². The van der Waals surface area contributed by atoms with E-state index in [0.29, 0.717) is 11.9 Å². The molecular weight excluding hydrogens is 543 g/mol. The molecule has 1 atom stereocenters. The van der Waals surface area contributed by atoms with Gasteiger partial charge < -0.3 is 9.74 Å². The highest BCUT2D eigenvalue weighted by atomic mass is 35.5. The van der Waals surface area contributed by atoms with Crippen molar-refractivity contribution < 1.29 is 35.6 Å². The van der Waals surface area contributed by atoms with Gasteiger partial charge in [-0.15, -0.1) is 0 Å². The molecule has 1 saturated heterocycles. The fourth-order valence-corrected chi connectivity index (χ4v) is 4.61. The van der Waals surface area contributed by atoms with Gasteiger partial charge in [-0.1, -0.05) is 36.7 Å². The predicted octanol–water partition coefficient (Wildman–Crippen LogP) is 6.35. The molecule has 0 radical (unpaired) electrons. The average Bonchev–Trinajstić information content (AvgIpc) is 3.27. The lowest BCUT2D eigenvalue weighted by molar-refractivity contribution is -0.276. The third kappa shape index (κ3) is 4.77. The minimum atomic E-state index is -5.14. The van der Waals surface area contributed by atoms with Gasteiger partial charge in [-0.05, 0) is 24.3 Å². The van der Waals surface area contributed by atoms with Crippen LogP contribution < -0.4 is 0 Å². The Balaban J connectivity index is 1.57. The number of nitriles is 1. The monoisotopic (exact) mass is 561 g/mol. The van der Waals surface area contributed by atoms with Crippen molar-refractivity contribution in [2.24, 2.45) is 16.1 Å². The number of pyridine rings is 1. The summed E-state index contributed by atoms with van der Waals surface area (Å²) in [5.41, 5.74) is -7.44. The van der Waals surface area contributed by atoms with Crippen LogP contribution in [0.15, 0.2) is 46.7 Å². The molecule has 202 valence electrons. The molecule has 14 heteroatoms. The van der Waals surface area contributed by atoms with E-state index in [4.69, 9.17) is 21.7 Å². The quantitative estimate of drug-likeness (QED) is 0.189. The molecule has 2 aliphatic heterocycles. The molecule has 0 amide bonds. The standard InChI is InChI=1S/C24H19ClF7N5O/c1-13(2)20(35-12-33)37-10-21(26,11-37)19-6-3-14(9-34-19)18-8-22(38-36-18,24(30,31)32)15-4-5-17(25)16(7-15)23(27,28)29/h3-7,9,13H,8,10-11H2,1-2H3/b35-20+. The van der Waals surface area contributed by atoms with Gasteiger partial charge in [0.15, 0.2) is 5.67 Å². The second-order valence-corrected chi connectivity index (χ2v) is 9.71. The van der Waals surface area contributed by atoms with Crippen molar-refractivity contribution in [1.29, 1.82) is 5.26 Å². The number of aromatic nitrogens is 1. The number of rotatable bonds is 4. The van der Waals surface area contributed by atoms with E-state index in [1.165, 1.54) is 12.1 Å². The fourth-order valence-electron chi connectivity index (χ4n) is 4.38. The van der Waals surface area contributed by atoms with Crippen molar-refractivity contribution in [3.63, 3.8) is 0 Å². The van der Waals surface area contributed by atoms with Crippen LogP contribution in [0.4, 0.5) is 30.7 Å². The Morgan fingerprint density at radius 3 is 2.37 bits per heavy atom. The van der Waals surface area contributed by atoms with Crippen LogP contribution in [-0.4, -0.2) is 40.7 Å². The first kappa shape index (κ1) is 27.6. The highest BCUT2D eigenvalue weighted by Gasteiger charge is 2.62. The van der Waals surface area contributed by atoms with Crippen molar-refractivity contribution >= 4 is 23.1 Å². The molecule has 0 aliphatic carbocycles. The number of likely N-dealkylation sites (tertiary alicyclic amines) is 1. The number of oxime groups is 1. The van der Waals surface area contributed by atoms with Crippen LogP contribution in [0.3, 0.4) is 0 Å². The lowest BCUT2D eigenvalue weighted by Crippen LogP contribution is -2.60. The number of nitrogens with zero attached hydrogens (tertiary/aromatic N) is 5. The number of alkyl halides is 7. The zero-order valence-corrected chi connectivity index (χ0v) is 20.6. The molecule has 2 aromatic rings. The van der Waals surface area contributed by atoms with Crippen LogP contribution in [0.1, 0.15) is 42.7 Å². The van der Waals surface area contributed by atoms with Gasteiger partial charge in [0.2, 0.25) is 6.19 Å². The summed E-state index contributed by atoms with van der Waals surface area (Å²) in [7, 11) is 0. The topological polar surface area (TPSA) is 73.9 Å². The summed E-state index contributed by atoms with van der Waals surface area (Å²) >= 11 is 5.56. The van der Waals surface area contributed by atoms with Gasteiger partial charge >= 0.3 is 12.4 Å². The Morgan fingerprint density at radius 2 is 1.84 bits per heavy atom. The van der Waals surface area contributed by atoms with E-state index in [1.54, 1.807) is 24.9 Å². The first-order chi connectivity index (χ1) is 17.6. The number of aliphatic imine (C=N–C) groups is 1. The summed E-state index contributed by atoms with van der Waals surface area (Å²) in [5, 5.41) is 11.6. The van der Waals surface area contributed by atoms with Crippen LogP contribution in [0.5, 0.6) is 0 Å². The van der Waals surface area contributed by atoms with Crippen molar-refractivity contribution in [2.45, 2.75) is 43.9 Å². The number of benzene rings is 1. The Hall–Kier alpha value is -3.40. The van der Waals surface area contributed by atoms with Crippen LogP contribution >= 0.6 is 11.6 Å². The van der Waals surface area contributed by atoms with Crippen LogP contribution in [0, 0.1) is 17.4 Å². The first-order valence-corrected chi connectivity index (χ1v) is 11.6. The summed E-state index contributed by atoms with van der Waals surface area (Å²) < 4.78 is 97.8. The predicted molar refractivity (Wildman–Crippen MR) is 123 cm³/mol. The molecule has 4 rings (SSSR count). The third-order valence-corrected chi connectivity index (χ3v) is 6.70. The minimum Gasteiger partial charge on any atom is -0.374 e. The fraction of sp³-hybridized carbons (Fsp3) is 0.417. The lowest BCUT2D eigenvalue weighted by Gasteiger charge is -2.46. The molecule has 6 nitrogen and oxygen atoms in total. The van der Waals surface area contributed by atoms with Crippen LogP contribution in [0.2, 0.25) is 5.02 Å². The molecule has 0 spiro atoms. The summed E-state index contributed by atoms with van der Waals surface area (Å²) in [4.78, 5) is 14.2. The largest absolute Gasteiger partial charge is 0.435 e. The van der Waals surface area contributed by atoms with Gasteiger partial charge in [-0.3, -0.25) is 4.98 Å². The molecule has 38 heavy (non-hydrogen) atoms. The van der Waals surface area contributed by atoms with Gasteiger partial charge in [-0.25, -0.2) is 4.39 Å². The maximum Gasteiger partial charge on any atom is 0.435 e. The number of halogens is 8. The van der Waals surface area contributed by atoms with Gasteiger partial charge in [0, 0.05) is 23.2 Å². The molecule has 0 N–H and O–H groups in total. The molecule has 1 unspecified atom stereocenters. The zero-order valence-electron chi connectivity index (χ0n) is 19.8. The zero-order chi connectivity index (χ0) is 28.1. The second kappa shape index (κ2) is 9.41. The van der Waals surface area contributed by atoms with E-state index >= 15 is 4.39 Å². The number of hydrogen-bond acceptors (Lipinski definition) is 5. The smallest absolute Gasteiger partial charge is 0.374 e. The van der Waals surface area contributed by atoms with Gasteiger partial charge in [-0.2, -0.15) is 36.6 Å². The van der Waals surface area contributed by atoms with E-state index in [9.17, 15) is 26.3 Å². The van der Waals surface area contributed by atoms with Crippen LogP contribution in [0.25, 0.3) is 0 Å². The average molecular weight is 562 g/mol. The van der Waals surface area contributed by atoms with Gasteiger partial charge in [0.1, 0.15) is 5.84 Å². The molecule has 1 aromatic carbocycles. The Bertz CT molecular complexity index is 1330.